The maximum atomic E-state index is 11.2. The molecule has 0 unspecified atom stereocenters. The van der Waals surface area contributed by atoms with Crippen molar-refractivity contribution in [3.63, 3.8) is 0 Å². The largest absolute Gasteiger partial charge is 0.264 e. The zero-order valence-electron chi connectivity index (χ0n) is 7.28. The highest BCUT2D eigenvalue weighted by molar-refractivity contribution is 7.99. The molecule has 1 heterocycles. The lowest BCUT2D eigenvalue weighted by atomic mass is 10.2. The molecule has 0 amide bonds. The highest BCUT2D eigenvalue weighted by atomic mass is 32.2. The summed E-state index contributed by atoms with van der Waals surface area (Å²) in [7, 11) is 0. The molecule has 0 saturated carbocycles. The quantitative estimate of drug-likeness (QED) is 0.672. The summed E-state index contributed by atoms with van der Waals surface area (Å²) in [5.41, 5.74) is -0.861. The van der Waals surface area contributed by atoms with Crippen molar-refractivity contribution >= 4 is 11.8 Å². The predicted octanol–water partition coefficient (Wildman–Crippen LogP) is 2.38. The van der Waals surface area contributed by atoms with Gasteiger partial charge in [-0.25, -0.2) is 5.11 Å². The van der Waals surface area contributed by atoms with Crippen molar-refractivity contribution in [3.8, 4) is 0 Å². The van der Waals surface area contributed by atoms with Gasteiger partial charge >= 0.3 is 0 Å². The average molecular weight is 182 g/mol. The Bertz CT molecular complexity index is 230. The van der Waals surface area contributed by atoms with E-state index in [-0.39, 0.29) is 0 Å². The molecule has 0 aliphatic rings. The maximum absolute atomic E-state index is 11.2. The van der Waals surface area contributed by atoms with Gasteiger partial charge in [-0.05, 0) is 26.0 Å². The molecule has 0 saturated heterocycles. The van der Waals surface area contributed by atoms with Crippen LogP contribution in [0.5, 0.6) is 0 Å². The second-order valence-electron chi connectivity index (χ2n) is 3.24. The summed E-state index contributed by atoms with van der Waals surface area (Å²) < 4.78 is 0. The van der Waals surface area contributed by atoms with Crippen LogP contribution in [0.25, 0.3) is 0 Å². The Hall–Kier alpha value is -0.540. The molecule has 2 nitrogen and oxygen atoms in total. The molecule has 0 aliphatic heterocycles. The molecule has 0 fully saturated rings. The molecule has 0 aliphatic carbocycles. The van der Waals surface area contributed by atoms with Gasteiger partial charge in [0.05, 0.1) is 0 Å². The molecule has 65 valence electrons. The number of pyridine rings is 1. The lowest BCUT2D eigenvalue weighted by Gasteiger charge is -2.12. The Kier molecular flexibility index (Phi) is 3.12. The molecule has 0 spiro atoms. The monoisotopic (exact) mass is 182 g/mol. The summed E-state index contributed by atoms with van der Waals surface area (Å²) in [4.78, 5) is 5.02. The van der Waals surface area contributed by atoms with Crippen LogP contribution in [-0.4, -0.2) is 16.3 Å². The van der Waals surface area contributed by atoms with Gasteiger partial charge < -0.3 is 0 Å². The van der Waals surface area contributed by atoms with E-state index in [0.717, 1.165) is 4.90 Å². The second kappa shape index (κ2) is 3.92. The SMILES string of the molecule is CC(C)([O])CSc1cccnc1. The number of hydrogen-bond acceptors (Lipinski definition) is 2. The van der Waals surface area contributed by atoms with Gasteiger partial charge in [-0.1, -0.05) is 0 Å². The van der Waals surface area contributed by atoms with Crippen LogP contribution < -0.4 is 0 Å². The van der Waals surface area contributed by atoms with E-state index in [9.17, 15) is 5.11 Å². The van der Waals surface area contributed by atoms with Crippen molar-refractivity contribution in [2.45, 2.75) is 24.3 Å². The molecular weight excluding hydrogens is 170 g/mol. The fourth-order valence-electron chi connectivity index (χ4n) is 0.690. The van der Waals surface area contributed by atoms with Crippen LogP contribution in [0.3, 0.4) is 0 Å². The van der Waals surface area contributed by atoms with Crippen molar-refractivity contribution < 1.29 is 5.11 Å². The summed E-state index contributed by atoms with van der Waals surface area (Å²) in [6, 6.07) is 3.84. The lowest BCUT2D eigenvalue weighted by molar-refractivity contribution is 0.0264. The summed E-state index contributed by atoms with van der Waals surface area (Å²) in [6.45, 7) is 3.38. The second-order valence-corrected chi connectivity index (χ2v) is 4.29. The molecule has 3 heteroatoms. The maximum Gasteiger partial charge on any atom is 0.107 e. The zero-order chi connectivity index (χ0) is 9.03. The van der Waals surface area contributed by atoms with Gasteiger partial charge in [-0.15, -0.1) is 11.8 Å². The summed E-state index contributed by atoms with van der Waals surface area (Å²) >= 11 is 1.55. The molecule has 1 aromatic heterocycles. The molecular formula is C9H12NOS. The van der Waals surface area contributed by atoms with Crippen molar-refractivity contribution in [2.24, 2.45) is 0 Å². The van der Waals surface area contributed by atoms with Crippen LogP contribution in [0.4, 0.5) is 0 Å². The fraction of sp³-hybridized carbons (Fsp3) is 0.444. The summed E-state index contributed by atoms with van der Waals surface area (Å²) in [5.74, 6) is 0.582. The third-order valence-electron chi connectivity index (χ3n) is 1.22. The van der Waals surface area contributed by atoms with E-state index in [0.29, 0.717) is 5.75 Å². The zero-order valence-corrected chi connectivity index (χ0v) is 8.10. The van der Waals surface area contributed by atoms with E-state index < -0.39 is 5.60 Å². The van der Waals surface area contributed by atoms with E-state index in [1.165, 1.54) is 0 Å². The van der Waals surface area contributed by atoms with Gasteiger partial charge in [-0.3, -0.25) is 4.98 Å². The molecule has 1 aromatic rings. The third-order valence-corrected chi connectivity index (χ3v) is 2.64. The van der Waals surface area contributed by atoms with E-state index in [4.69, 9.17) is 0 Å². The Morgan fingerprint density at radius 2 is 2.33 bits per heavy atom. The fourth-order valence-corrected chi connectivity index (χ4v) is 1.51. The van der Waals surface area contributed by atoms with Crippen LogP contribution in [0.2, 0.25) is 0 Å². The highest BCUT2D eigenvalue weighted by Gasteiger charge is 2.14. The first-order valence-corrected chi connectivity index (χ1v) is 4.80. The van der Waals surface area contributed by atoms with E-state index in [1.807, 2.05) is 12.1 Å². The number of nitrogens with zero attached hydrogens (tertiary/aromatic N) is 1. The molecule has 0 atom stereocenters. The van der Waals surface area contributed by atoms with Crippen LogP contribution >= 0.6 is 11.8 Å². The van der Waals surface area contributed by atoms with Gasteiger partial charge in [-0.2, -0.15) is 0 Å². The Balaban J connectivity index is 2.44. The summed E-state index contributed by atoms with van der Waals surface area (Å²) in [5, 5.41) is 11.2. The van der Waals surface area contributed by atoms with Crippen molar-refractivity contribution in [1.29, 1.82) is 0 Å². The molecule has 0 aromatic carbocycles. The van der Waals surface area contributed by atoms with Crippen molar-refractivity contribution in [3.05, 3.63) is 24.5 Å². The highest BCUT2D eigenvalue weighted by Crippen LogP contribution is 2.21. The normalized spacial score (nSPS) is 11.6. The van der Waals surface area contributed by atoms with Crippen LogP contribution in [0.15, 0.2) is 29.4 Å². The molecule has 0 N–H and O–H groups in total. The molecule has 1 radical (unpaired) electrons. The van der Waals surface area contributed by atoms with Gasteiger partial charge in [0, 0.05) is 23.0 Å². The predicted molar refractivity (Wildman–Crippen MR) is 49.7 cm³/mol. The van der Waals surface area contributed by atoms with Crippen molar-refractivity contribution in [2.75, 3.05) is 5.75 Å². The minimum absolute atomic E-state index is 0.582. The van der Waals surface area contributed by atoms with Gasteiger partial charge in [0.2, 0.25) is 0 Å². The van der Waals surface area contributed by atoms with Crippen LogP contribution in [0, 0.1) is 0 Å². The Labute approximate surface area is 77.0 Å². The van der Waals surface area contributed by atoms with Crippen molar-refractivity contribution in [1.82, 2.24) is 4.98 Å². The van der Waals surface area contributed by atoms with Gasteiger partial charge in [0.25, 0.3) is 0 Å². The van der Waals surface area contributed by atoms with Gasteiger partial charge in [0.1, 0.15) is 5.60 Å². The number of thioether (sulfide) groups is 1. The van der Waals surface area contributed by atoms with E-state index in [1.54, 1.807) is 38.0 Å². The number of hydrogen-bond donors (Lipinski definition) is 0. The number of aromatic nitrogens is 1. The Morgan fingerprint density at radius 1 is 1.58 bits per heavy atom. The van der Waals surface area contributed by atoms with Gasteiger partial charge in [0.15, 0.2) is 0 Å². The lowest BCUT2D eigenvalue weighted by Crippen LogP contribution is -2.19. The molecule has 12 heavy (non-hydrogen) atoms. The standard InChI is InChI=1S/C9H12NOS/c1-9(2,11)7-12-8-4-3-5-10-6-8/h3-6H,7H2,1-2H3. The first-order chi connectivity index (χ1) is 5.58. The minimum atomic E-state index is -0.861. The molecule has 0 bridgehead atoms. The average Bonchev–Trinajstić information content (AvgIpc) is 2.02. The van der Waals surface area contributed by atoms with E-state index >= 15 is 0 Å². The summed E-state index contributed by atoms with van der Waals surface area (Å²) in [6.07, 6.45) is 3.50. The van der Waals surface area contributed by atoms with Crippen LogP contribution in [-0.2, 0) is 5.11 Å². The smallest absolute Gasteiger partial charge is 0.107 e. The third kappa shape index (κ3) is 3.74. The number of rotatable bonds is 3. The topological polar surface area (TPSA) is 32.8 Å². The first kappa shape index (κ1) is 9.55. The Morgan fingerprint density at radius 3 is 2.83 bits per heavy atom. The molecule has 1 rings (SSSR count). The first-order valence-electron chi connectivity index (χ1n) is 3.81. The van der Waals surface area contributed by atoms with Crippen LogP contribution in [0.1, 0.15) is 13.8 Å². The minimum Gasteiger partial charge on any atom is -0.264 e. The van der Waals surface area contributed by atoms with E-state index in [2.05, 4.69) is 4.98 Å².